The first-order valence-electron chi connectivity index (χ1n) is 6.38. The van der Waals surface area contributed by atoms with E-state index in [1.807, 2.05) is 0 Å². The molecule has 4 N–H and O–H groups in total. The summed E-state index contributed by atoms with van der Waals surface area (Å²) in [6.45, 7) is -0.0164. The molecule has 0 bridgehead atoms. The Kier molecular flexibility index (Phi) is 3.43. The van der Waals surface area contributed by atoms with Crippen LogP contribution in [0.1, 0.15) is 6.42 Å². The Bertz CT molecular complexity index is 570. The van der Waals surface area contributed by atoms with Gasteiger partial charge in [-0.3, -0.25) is 9.59 Å². The number of carbonyl (C=O) groups is 2. The number of ether oxygens (including phenoxy) is 1. The molecule has 1 aromatic carbocycles. The number of hydrogen-bond acceptors (Lipinski definition) is 5. The predicted octanol–water partition coefficient (Wildman–Crippen LogP) is 1.29. The Hall–Kier alpha value is -1.89. The van der Waals surface area contributed by atoms with E-state index in [2.05, 4.69) is 10.6 Å². The first-order valence-corrected chi connectivity index (χ1v) is 7.54. The number of amides is 2. The lowest BCUT2D eigenvalue weighted by Gasteiger charge is -2.20. The minimum atomic E-state index is -0.216. The Morgan fingerprint density at radius 1 is 1.50 bits per heavy atom. The van der Waals surface area contributed by atoms with Crippen molar-refractivity contribution in [1.29, 1.82) is 0 Å². The van der Waals surface area contributed by atoms with Crippen molar-refractivity contribution in [3.63, 3.8) is 0 Å². The average Bonchev–Trinajstić information content (AvgIpc) is 2.94. The summed E-state index contributed by atoms with van der Waals surface area (Å²) in [4.78, 5) is 23.4. The lowest BCUT2D eigenvalue weighted by molar-refractivity contribution is -0.119. The van der Waals surface area contributed by atoms with Crippen LogP contribution in [-0.2, 0) is 9.59 Å². The normalized spacial score (nSPS) is 20.8. The molecule has 2 amide bonds. The largest absolute Gasteiger partial charge is 0.482 e. The molecule has 1 fully saturated rings. The third-order valence-electron chi connectivity index (χ3n) is 3.34. The summed E-state index contributed by atoms with van der Waals surface area (Å²) in [6, 6.07) is 3.26. The van der Waals surface area contributed by atoms with Crippen LogP contribution in [0.5, 0.6) is 5.75 Å². The SMILES string of the molecule is Nc1cc2c(cc1NC(=O)C1CCSC1)NC(=O)CO2. The fraction of sp³-hybridized carbons (Fsp3) is 0.385. The number of anilines is 3. The summed E-state index contributed by atoms with van der Waals surface area (Å²) < 4.78 is 5.27. The van der Waals surface area contributed by atoms with E-state index in [1.165, 1.54) is 0 Å². The zero-order valence-corrected chi connectivity index (χ0v) is 11.6. The lowest BCUT2D eigenvalue weighted by atomic mass is 10.1. The molecular formula is C13H15N3O3S. The van der Waals surface area contributed by atoms with Crippen molar-refractivity contribution in [2.75, 3.05) is 34.5 Å². The maximum Gasteiger partial charge on any atom is 0.262 e. The third-order valence-corrected chi connectivity index (χ3v) is 4.51. The fourth-order valence-electron chi connectivity index (χ4n) is 2.23. The van der Waals surface area contributed by atoms with Crippen molar-refractivity contribution in [3.05, 3.63) is 12.1 Å². The summed E-state index contributed by atoms with van der Waals surface area (Å²) in [7, 11) is 0. The summed E-state index contributed by atoms with van der Waals surface area (Å²) in [6.07, 6.45) is 0.890. The number of fused-ring (bicyclic) bond motifs is 1. The van der Waals surface area contributed by atoms with E-state index in [4.69, 9.17) is 10.5 Å². The molecule has 1 saturated heterocycles. The maximum atomic E-state index is 12.1. The summed E-state index contributed by atoms with van der Waals surface area (Å²) >= 11 is 1.78. The molecule has 1 aromatic rings. The number of thioether (sulfide) groups is 1. The highest BCUT2D eigenvalue weighted by Crippen LogP contribution is 2.35. The molecule has 0 aromatic heterocycles. The van der Waals surface area contributed by atoms with E-state index < -0.39 is 0 Å². The fourth-order valence-corrected chi connectivity index (χ4v) is 3.45. The Morgan fingerprint density at radius 3 is 3.10 bits per heavy atom. The molecule has 0 spiro atoms. The van der Waals surface area contributed by atoms with Crippen molar-refractivity contribution in [2.24, 2.45) is 5.92 Å². The highest BCUT2D eigenvalue weighted by molar-refractivity contribution is 7.99. The number of rotatable bonds is 2. The van der Waals surface area contributed by atoms with Crippen LogP contribution in [0.25, 0.3) is 0 Å². The van der Waals surface area contributed by atoms with Gasteiger partial charge in [-0.25, -0.2) is 0 Å². The van der Waals surface area contributed by atoms with Crippen molar-refractivity contribution >= 4 is 40.6 Å². The zero-order chi connectivity index (χ0) is 14.1. The second-order valence-electron chi connectivity index (χ2n) is 4.82. The zero-order valence-electron chi connectivity index (χ0n) is 10.8. The van der Waals surface area contributed by atoms with Crippen LogP contribution in [0, 0.1) is 5.92 Å². The van der Waals surface area contributed by atoms with Gasteiger partial charge in [-0.05, 0) is 18.2 Å². The van der Waals surface area contributed by atoms with Crippen molar-refractivity contribution in [3.8, 4) is 5.75 Å². The van der Waals surface area contributed by atoms with Crippen LogP contribution in [0.4, 0.5) is 17.1 Å². The van der Waals surface area contributed by atoms with E-state index >= 15 is 0 Å². The number of nitrogens with one attached hydrogen (secondary N) is 2. The predicted molar refractivity (Wildman–Crippen MR) is 79.0 cm³/mol. The topological polar surface area (TPSA) is 93.5 Å². The molecule has 106 valence electrons. The van der Waals surface area contributed by atoms with Gasteiger partial charge in [0.05, 0.1) is 17.1 Å². The molecule has 3 rings (SSSR count). The lowest BCUT2D eigenvalue weighted by Crippen LogP contribution is -2.26. The molecule has 1 unspecified atom stereocenters. The molecular weight excluding hydrogens is 278 g/mol. The van der Waals surface area contributed by atoms with Gasteiger partial charge in [-0.1, -0.05) is 0 Å². The van der Waals surface area contributed by atoms with Crippen molar-refractivity contribution in [1.82, 2.24) is 0 Å². The Labute approximate surface area is 120 Å². The third kappa shape index (κ3) is 2.53. The second-order valence-corrected chi connectivity index (χ2v) is 5.97. The minimum absolute atomic E-state index is 0.0164. The molecule has 0 radical (unpaired) electrons. The Morgan fingerprint density at radius 2 is 2.35 bits per heavy atom. The van der Waals surface area contributed by atoms with Crippen LogP contribution in [0.15, 0.2) is 12.1 Å². The van der Waals surface area contributed by atoms with Gasteiger partial charge >= 0.3 is 0 Å². The standard InChI is InChI=1S/C13H15N3O3S/c14-8-3-11-10(15-12(17)5-19-11)4-9(8)16-13(18)7-1-2-20-6-7/h3-4,7H,1-2,5-6,14H2,(H,15,17)(H,16,18). The Balaban J connectivity index is 1.80. The number of nitrogens with two attached hydrogens (primary N) is 1. The van der Waals surface area contributed by atoms with Gasteiger partial charge in [0.25, 0.3) is 5.91 Å². The molecule has 20 heavy (non-hydrogen) atoms. The molecule has 0 aliphatic carbocycles. The summed E-state index contributed by atoms with van der Waals surface area (Å²) in [5.74, 6) is 2.17. The minimum Gasteiger partial charge on any atom is -0.482 e. The smallest absolute Gasteiger partial charge is 0.262 e. The quantitative estimate of drug-likeness (QED) is 0.714. The van der Waals surface area contributed by atoms with E-state index in [0.717, 1.165) is 17.9 Å². The monoisotopic (exact) mass is 293 g/mol. The maximum absolute atomic E-state index is 12.1. The molecule has 1 atom stereocenters. The number of nitrogen functional groups attached to an aromatic ring is 1. The van der Waals surface area contributed by atoms with Gasteiger partial charge in [0.1, 0.15) is 5.75 Å². The number of carbonyl (C=O) groups excluding carboxylic acids is 2. The van der Waals surface area contributed by atoms with E-state index in [9.17, 15) is 9.59 Å². The van der Waals surface area contributed by atoms with E-state index in [1.54, 1.807) is 23.9 Å². The van der Waals surface area contributed by atoms with Crippen LogP contribution >= 0.6 is 11.8 Å². The molecule has 2 heterocycles. The van der Waals surface area contributed by atoms with Gasteiger partial charge in [-0.15, -0.1) is 0 Å². The molecule has 2 aliphatic heterocycles. The first-order chi connectivity index (χ1) is 9.63. The van der Waals surface area contributed by atoms with Crippen LogP contribution in [0.2, 0.25) is 0 Å². The van der Waals surface area contributed by atoms with Crippen LogP contribution in [-0.4, -0.2) is 29.9 Å². The number of hydrogen-bond donors (Lipinski definition) is 3. The number of benzene rings is 1. The van der Waals surface area contributed by atoms with Gasteiger partial charge in [0.2, 0.25) is 5.91 Å². The highest BCUT2D eigenvalue weighted by Gasteiger charge is 2.24. The highest BCUT2D eigenvalue weighted by atomic mass is 32.2. The van der Waals surface area contributed by atoms with Gasteiger partial charge in [0, 0.05) is 17.7 Å². The molecule has 6 nitrogen and oxygen atoms in total. The molecule has 2 aliphatic rings. The van der Waals surface area contributed by atoms with Gasteiger partial charge in [0.15, 0.2) is 6.61 Å². The van der Waals surface area contributed by atoms with E-state index in [0.29, 0.717) is 22.8 Å². The summed E-state index contributed by atoms with van der Waals surface area (Å²) in [5, 5.41) is 5.53. The first kappa shape index (κ1) is 13.1. The molecule has 7 heteroatoms. The van der Waals surface area contributed by atoms with Crippen molar-refractivity contribution < 1.29 is 14.3 Å². The van der Waals surface area contributed by atoms with Gasteiger partial charge < -0.3 is 21.1 Å². The summed E-state index contributed by atoms with van der Waals surface area (Å²) in [5.41, 5.74) is 7.39. The van der Waals surface area contributed by atoms with Crippen LogP contribution < -0.4 is 21.1 Å². The van der Waals surface area contributed by atoms with E-state index in [-0.39, 0.29) is 24.3 Å². The molecule has 0 saturated carbocycles. The average molecular weight is 293 g/mol. The van der Waals surface area contributed by atoms with Gasteiger partial charge in [-0.2, -0.15) is 11.8 Å². The van der Waals surface area contributed by atoms with Crippen LogP contribution in [0.3, 0.4) is 0 Å². The second kappa shape index (κ2) is 5.24. The van der Waals surface area contributed by atoms with Crippen molar-refractivity contribution in [2.45, 2.75) is 6.42 Å².